The van der Waals surface area contributed by atoms with Gasteiger partial charge in [0.05, 0.1) is 18.7 Å². The number of nitrogens with one attached hydrogen (secondary N) is 2. The molecule has 2 amide bonds. The highest BCUT2D eigenvalue weighted by Gasteiger charge is 2.14. The normalized spacial score (nSPS) is 11.8. The maximum Gasteiger partial charge on any atom is 0.254 e. The third kappa shape index (κ3) is 4.93. The van der Waals surface area contributed by atoms with Crippen LogP contribution in [0.3, 0.4) is 0 Å². The van der Waals surface area contributed by atoms with Gasteiger partial charge < -0.3 is 15.4 Å². The van der Waals surface area contributed by atoms with Crippen LogP contribution in [0.5, 0.6) is 0 Å². The predicted molar refractivity (Wildman–Crippen MR) is 68.2 cm³/mol. The molecule has 0 spiro atoms. The van der Waals surface area contributed by atoms with E-state index in [2.05, 4.69) is 10.6 Å². The molecular formula is C13H16F2N2O3. The summed E-state index contributed by atoms with van der Waals surface area (Å²) in [5, 5.41) is 4.83. The Morgan fingerprint density at radius 1 is 1.35 bits per heavy atom. The SMILES string of the molecule is COCC(C)NC(=O)CNC(=O)c1ccc(F)cc1F. The molecule has 0 radical (unpaired) electrons. The highest BCUT2D eigenvalue weighted by molar-refractivity contribution is 5.96. The highest BCUT2D eigenvalue weighted by Crippen LogP contribution is 2.08. The van der Waals surface area contributed by atoms with Crippen LogP contribution in [0, 0.1) is 11.6 Å². The average molecular weight is 286 g/mol. The van der Waals surface area contributed by atoms with Gasteiger partial charge in [-0.15, -0.1) is 0 Å². The summed E-state index contributed by atoms with van der Waals surface area (Å²) >= 11 is 0. The van der Waals surface area contributed by atoms with E-state index in [1.807, 2.05) is 0 Å². The van der Waals surface area contributed by atoms with E-state index in [4.69, 9.17) is 4.74 Å². The molecule has 110 valence electrons. The van der Waals surface area contributed by atoms with Crippen LogP contribution in [0.1, 0.15) is 17.3 Å². The first-order valence-electron chi connectivity index (χ1n) is 5.95. The van der Waals surface area contributed by atoms with Crippen LogP contribution in [-0.2, 0) is 9.53 Å². The van der Waals surface area contributed by atoms with Crippen molar-refractivity contribution >= 4 is 11.8 Å². The Morgan fingerprint density at radius 3 is 2.65 bits per heavy atom. The second kappa shape index (κ2) is 7.54. The number of hydrogen-bond donors (Lipinski definition) is 2. The summed E-state index contributed by atoms with van der Waals surface area (Å²) in [6.45, 7) is 1.78. The number of methoxy groups -OCH3 is 1. The Bertz CT molecular complexity index is 495. The molecule has 2 N–H and O–H groups in total. The van der Waals surface area contributed by atoms with Gasteiger partial charge in [0, 0.05) is 19.2 Å². The molecular weight excluding hydrogens is 270 g/mol. The van der Waals surface area contributed by atoms with Crippen LogP contribution in [-0.4, -0.2) is 38.1 Å². The van der Waals surface area contributed by atoms with Gasteiger partial charge in [-0.3, -0.25) is 9.59 Å². The fraction of sp³-hybridized carbons (Fsp3) is 0.385. The standard InChI is InChI=1S/C13H16F2N2O3/c1-8(7-20-2)17-12(18)6-16-13(19)10-4-3-9(14)5-11(10)15/h3-5,8H,6-7H2,1-2H3,(H,16,19)(H,17,18). The lowest BCUT2D eigenvalue weighted by atomic mass is 10.2. The summed E-state index contributed by atoms with van der Waals surface area (Å²) in [7, 11) is 1.50. The largest absolute Gasteiger partial charge is 0.383 e. The molecule has 0 aliphatic rings. The smallest absolute Gasteiger partial charge is 0.254 e. The van der Waals surface area contributed by atoms with Gasteiger partial charge in [-0.25, -0.2) is 8.78 Å². The molecule has 1 aromatic carbocycles. The molecule has 0 heterocycles. The number of carbonyl (C=O) groups excluding carboxylic acids is 2. The number of carbonyl (C=O) groups is 2. The van der Waals surface area contributed by atoms with Gasteiger partial charge in [0.2, 0.25) is 5.91 Å². The molecule has 0 fully saturated rings. The first-order chi connectivity index (χ1) is 9.43. The van der Waals surface area contributed by atoms with Crippen molar-refractivity contribution in [1.82, 2.24) is 10.6 Å². The molecule has 20 heavy (non-hydrogen) atoms. The van der Waals surface area contributed by atoms with Gasteiger partial charge in [0.15, 0.2) is 0 Å². The van der Waals surface area contributed by atoms with Crippen LogP contribution < -0.4 is 10.6 Å². The first kappa shape index (κ1) is 16.0. The van der Waals surface area contributed by atoms with E-state index in [1.54, 1.807) is 6.92 Å². The molecule has 0 bridgehead atoms. The van der Waals surface area contributed by atoms with Crippen molar-refractivity contribution in [3.05, 3.63) is 35.4 Å². The van der Waals surface area contributed by atoms with Gasteiger partial charge in [-0.1, -0.05) is 0 Å². The number of amides is 2. The topological polar surface area (TPSA) is 67.4 Å². The molecule has 1 unspecified atom stereocenters. The average Bonchev–Trinajstić information content (AvgIpc) is 2.36. The molecule has 0 saturated carbocycles. The van der Waals surface area contributed by atoms with Crippen molar-refractivity contribution in [2.45, 2.75) is 13.0 Å². The van der Waals surface area contributed by atoms with Crippen LogP contribution >= 0.6 is 0 Å². The molecule has 1 aromatic rings. The van der Waals surface area contributed by atoms with E-state index in [1.165, 1.54) is 7.11 Å². The Morgan fingerprint density at radius 2 is 2.05 bits per heavy atom. The van der Waals surface area contributed by atoms with Crippen molar-refractivity contribution in [3.63, 3.8) is 0 Å². The third-order valence-electron chi connectivity index (χ3n) is 2.41. The van der Waals surface area contributed by atoms with Gasteiger partial charge >= 0.3 is 0 Å². The molecule has 1 rings (SSSR count). The zero-order valence-electron chi connectivity index (χ0n) is 11.2. The number of ether oxygens (including phenoxy) is 1. The Balaban J connectivity index is 2.49. The minimum absolute atomic E-state index is 0.202. The third-order valence-corrected chi connectivity index (χ3v) is 2.41. The maximum atomic E-state index is 13.3. The molecule has 7 heteroatoms. The second-order valence-electron chi connectivity index (χ2n) is 4.23. The van der Waals surface area contributed by atoms with Crippen molar-refractivity contribution < 1.29 is 23.1 Å². The zero-order valence-corrected chi connectivity index (χ0v) is 11.2. The Labute approximate surface area is 115 Å². The van der Waals surface area contributed by atoms with E-state index in [0.717, 1.165) is 12.1 Å². The van der Waals surface area contributed by atoms with Crippen LogP contribution in [0.25, 0.3) is 0 Å². The zero-order chi connectivity index (χ0) is 15.1. The number of rotatable bonds is 6. The van der Waals surface area contributed by atoms with Crippen LogP contribution in [0.15, 0.2) is 18.2 Å². The lowest BCUT2D eigenvalue weighted by Crippen LogP contribution is -2.42. The van der Waals surface area contributed by atoms with E-state index < -0.39 is 23.4 Å². The summed E-state index contributed by atoms with van der Waals surface area (Å²) in [4.78, 5) is 23.1. The number of halogens is 2. The van der Waals surface area contributed by atoms with Crippen molar-refractivity contribution in [2.75, 3.05) is 20.3 Å². The van der Waals surface area contributed by atoms with Crippen molar-refractivity contribution in [1.29, 1.82) is 0 Å². The maximum absolute atomic E-state index is 13.3. The predicted octanol–water partition coefficient (Wildman–Crippen LogP) is 0.846. The molecule has 0 aliphatic carbocycles. The quantitative estimate of drug-likeness (QED) is 0.814. The monoisotopic (exact) mass is 286 g/mol. The van der Waals surface area contributed by atoms with E-state index in [-0.39, 0.29) is 18.2 Å². The van der Waals surface area contributed by atoms with Crippen molar-refractivity contribution in [2.24, 2.45) is 0 Å². The summed E-state index contributed by atoms with van der Waals surface area (Å²) in [5.74, 6) is -2.96. The summed E-state index contributed by atoms with van der Waals surface area (Å²) in [6, 6.07) is 2.40. The van der Waals surface area contributed by atoms with Crippen LogP contribution in [0.2, 0.25) is 0 Å². The lowest BCUT2D eigenvalue weighted by Gasteiger charge is -2.13. The van der Waals surface area contributed by atoms with E-state index in [9.17, 15) is 18.4 Å². The van der Waals surface area contributed by atoms with Crippen LogP contribution in [0.4, 0.5) is 8.78 Å². The van der Waals surface area contributed by atoms with Gasteiger partial charge in [-0.05, 0) is 19.1 Å². The minimum Gasteiger partial charge on any atom is -0.383 e. The summed E-state index contributed by atoms with van der Waals surface area (Å²) in [6.07, 6.45) is 0. The fourth-order valence-corrected chi connectivity index (χ4v) is 1.55. The molecule has 1 atom stereocenters. The van der Waals surface area contributed by atoms with Gasteiger partial charge in [0.25, 0.3) is 5.91 Å². The van der Waals surface area contributed by atoms with E-state index >= 15 is 0 Å². The number of benzene rings is 1. The number of hydrogen-bond acceptors (Lipinski definition) is 3. The van der Waals surface area contributed by atoms with Gasteiger partial charge in [0.1, 0.15) is 11.6 Å². The molecule has 5 nitrogen and oxygen atoms in total. The van der Waals surface area contributed by atoms with Crippen molar-refractivity contribution in [3.8, 4) is 0 Å². The minimum atomic E-state index is -0.976. The first-order valence-corrected chi connectivity index (χ1v) is 5.95. The second-order valence-corrected chi connectivity index (χ2v) is 4.23. The molecule has 0 saturated heterocycles. The Kier molecular flexibility index (Phi) is 6.05. The molecule has 0 aromatic heterocycles. The summed E-state index contributed by atoms with van der Waals surface area (Å²) < 4.78 is 30.9. The lowest BCUT2D eigenvalue weighted by molar-refractivity contribution is -0.121. The summed E-state index contributed by atoms with van der Waals surface area (Å²) in [5.41, 5.74) is -0.316. The van der Waals surface area contributed by atoms with Gasteiger partial charge in [-0.2, -0.15) is 0 Å². The van der Waals surface area contributed by atoms with E-state index in [0.29, 0.717) is 12.7 Å². The fourth-order valence-electron chi connectivity index (χ4n) is 1.55. The Hall–Kier alpha value is -2.02. The highest BCUT2D eigenvalue weighted by atomic mass is 19.1. The molecule has 0 aliphatic heterocycles.